The zero-order chi connectivity index (χ0) is 18.8. The van der Waals surface area contributed by atoms with Crippen LogP contribution in [0.3, 0.4) is 0 Å². The van der Waals surface area contributed by atoms with Gasteiger partial charge in [0.1, 0.15) is 11.6 Å². The van der Waals surface area contributed by atoms with E-state index in [1.165, 1.54) is 0 Å². The van der Waals surface area contributed by atoms with Crippen molar-refractivity contribution in [3.8, 4) is 23.1 Å². The molecule has 0 aliphatic rings. The summed E-state index contributed by atoms with van der Waals surface area (Å²) in [6.07, 6.45) is -3.52. The lowest BCUT2D eigenvalue weighted by Gasteiger charge is -2.10. The van der Waals surface area contributed by atoms with Crippen molar-refractivity contribution in [3.63, 3.8) is 0 Å². The maximum Gasteiger partial charge on any atom is 0.573 e. The molecule has 0 atom stereocenters. The Kier molecular flexibility index (Phi) is 4.98. The molecule has 2 rings (SSSR count). The van der Waals surface area contributed by atoms with E-state index in [4.69, 9.17) is 5.26 Å². The quantitative estimate of drug-likeness (QED) is 0.379. The van der Waals surface area contributed by atoms with Gasteiger partial charge in [0.2, 0.25) is 5.75 Å². The van der Waals surface area contributed by atoms with Gasteiger partial charge in [0.05, 0.1) is 10.6 Å². The number of alkyl halides is 3. The zero-order valence-corrected chi connectivity index (χ0v) is 13.1. The van der Waals surface area contributed by atoms with E-state index in [0.717, 1.165) is 30.0 Å². The Morgan fingerprint density at radius 1 is 1.44 bits per heavy atom. The first-order chi connectivity index (χ1) is 11.7. The number of nitriles is 1. The van der Waals surface area contributed by atoms with Crippen molar-refractivity contribution >= 4 is 17.4 Å². The van der Waals surface area contributed by atoms with Gasteiger partial charge in [-0.25, -0.2) is 4.98 Å². The van der Waals surface area contributed by atoms with E-state index >= 15 is 0 Å². The van der Waals surface area contributed by atoms with Gasteiger partial charge >= 0.3 is 12.0 Å². The Morgan fingerprint density at radius 2 is 2.12 bits per heavy atom. The fourth-order valence-corrected chi connectivity index (χ4v) is 2.26. The molecule has 0 saturated heterocycles. The minimum absolute atomic E-state index is 0.0702. The molecule has 25 heavy (non-hydrogen) atoms. The molecule has 12 heteroatoms. The number of thioether (sulfide) groups is 1. The monoisotopic (exact) mass is 372 g/mol. The molecule has 0 aliphatic carbocycles. The number of benzene rings is 1. The second-order valence-electron chi connectivity index (χ2n) is 4.40. The maximum atomic E-state index is 12.3. The topological polar surface area (TPSA) is 122 Å². The number of rotatable bonds is 4. The van der Waals surface area contributed by atoms with Crippen LogP contribution in [0.25, 0.3) is 11.3 Å². The number of aromatic amines is 1. The molecule has 0 saturated carbocycles. The minimum Gasteiger partial charge on any atom is -0.398 e. The molecule has 2 aromatic rings. The summed E-state index contributed by atoms with van der Waals surface area (Å²) in [5.74, 6) is -1.02. The summed E-state index contributed by atoms with van der Waals surface area (Å²) in [7, 11) is 0. The highest BCUT2D eigenvalue weighted by Crippen LogP contribution is 2.35. The van der Waals surface area contributed by atoms with Gasteiger partial charge in [-0.15, -0.1) is 13.2 Å². The van der Waals surface area contributed by atoms with E-state index in [-0.39, 0.29) is 16.4 Å². The van der Waals surface area contributed by atoms with Crippen LogP contribution in [0.1, 0.15) is 5.56 Å². The number of aromatic nitrogens is 2. The number of hydrogen-bond donors (Lipinski definition) is 1. The van der Waals surface area contributed by atoms with Crippen LogP contribution in [0.4, 0.5) is 18.9 Å². The highest BCUT2D eigenvalue weighted by molar-refractivity contribution is 7.98. The number of nitrogens with zero attached hydrogens (tertiary/aromatic N) is 3. The standard InChI is InChI=1S/C13H7F3N4O4S/c1-25-12-18-10(7(5-17)11(21)19-12)6-2-3-9(24-13(14,15)16)8(4-6)20(22)23/h2-4H,1H3,(H,18,19,21). The Labute approximate surface area is 141 Å². The number of ether oxygens (including phenoxy) is 1. The van der Waals surface area contributed by atoms with Crippen molar-refractivity contribution in [3.05, 3.63) is 44.2 Å². The van der Waals surface area contributed by atoms with E-state index < -0.39 is 33.8 Å². The normalized spacial score (nSPS) is 11.0. The van der Waals surface area contributed by atoms with E-state index in [1.54, 1.807) is 12.3 Å². The predicted molar refractivity (Wildman–Crippen MR) is 80.1 cm³/mol. The number of H-pyrrole nitrogens is 1. The van der Waals surface area contributed by atoms with Crippen molar-refractivity contribution in [2.45, 2.75) is 11.5 Å². The van der Waals surface area contributed by atoms with Crippen molar-refractivity contribution in [1.82, 2.24) is 9.97 Å². The third-order valence-corrected chi connectivity index (χ3v) is 3.44. The van der Waals surface area contributed by atoms with Crippen LogP contribution >= 0.6 is 11.8 Å². The van der Waals surface area contributed by atoms with Crippen LogP contribution in [-0.2, 0) is 0 Å². The molecule has 0 bridgehead atoms. The molecule has 0 spiro atoms. The number of halogens is 3. The average molecular weight is 372 g/mol. The zero-order valence-electron chi connectivity index (χ0n) is 12.2. The van der Waals surface area contributed by atoms with Crippen molar-refractivity contribution in [2.75, 3.05) is 6.26 Å². The summed E-state index contributed by atoms with van der Waals surface area (Å²) in [5, 5.41) is 20.3. The molecule has 0 fully saturated rings. The molecule has 0 aliphatic heterocycles. The number of nitro benzene ring substituents is 1. The molecule has 1 aromatic heterocycles. The Bertz CT molecular complexity index is 936. The molecule has 1 heterocycles. The Hall–Kier alpha value is -3.07. The summed E-state index contributed by atoms with van der Waals surface area (Å²) in [4.78, 5) is 28.2. The Morgan fingerprint density at radius 3 is 2.64 bits per heavy atom. The van der Waals surface area contributed by atoms with Gasteiger partial charge in [-0.05, 0) is 18.4 Å². The molecule has 1 N–H and O–H groups in total. The highest BCUT2D eigenvalue weighted by atomic mass is 32.2. The van der Waals surface area contributed by atoms with Gasteiger partial charge in [0.25, 0.3) is 5.56 Å². The molecule has 0 radical (unpaired) electrons. The van der Waals surface area contributed by atoms with Crippen LogP contribution in [0.2, 0.25) is 0 Å². The van der Waals surface area contributed by atoms with Crippen LogP contribution in [0, 0.1) is 21.4 Å². The fraction of sp³-hybridized carbons (Fsp3) is 0.154. The van der Waals surface area contributed by atoms with E-state index in [9.17, 15) is 28.1 Å². The van der Waals surface area contributed by atoms with Crippen LogP contribution in [-0.4, -0.2) is 27.5 Å². The van der Waals surface area contributed by atoms with Gasteiger partial charge < -0.3 is 9.72 Å². The van der Waals surface area contributed by atoms with Crippen molar-refractivity contribution < 1.29 is 22.8 Å². The molecule has 0 amide bonds. The lowest BCUT2D eigenvalue weighted by Crippen LogP contribution is -2.18. The lowest BCUT2D eigenvalue weighted by atomic mass is 10.1. The maximum absolute atomic E-state index is 12.3. The average Bonchev–Trinajstić information content (AvgIpc) is 2.52. The first-order valence-electron chi connectivity index (χ1n) is 6.29. The van der Waals surface area contributed by atoms with Crippen LogP contribution in [0.5, 0.6) is 5.75 Å². The van der Waals surface area contributed by atoms with E-state index in [1.807, 2.05) is 0 Å². The third-order valence-electron chi connectivity index (χ3n) is 2.86. The fourth-order valence-electron chi connectivity index (χ4n) is 1.88. The minimum atomic E-state index is -5.11. The second-order valence-corrected chi connectivity index (χ2v) is 5.19. The van der Waals surface area contributed by atoms with Gasteiger partial charge in [0.15, 0.2) is 5.16 Å². The lowest BCUT2D eigenvalue weighted by molar-refractivity contribution is -0.388. The summed E-state index contributed by atoms with van der Waals surface area (Å²) in [5.41, 5.74) is -2.42. The third kappa shape index (κ3) is 4.07. The molecular weight excluding hydrogens is 365 g/mol. The first kappa shape index (κ1) is 18.3. The SMILES string of the molecule is CSc1nc(-c2ccc(OC(F)(F)F)c([N+](=O)[O-])c2)c(C#N)c(=O)[nH]1. The smallest absolute Gasteiger partial charge is 0.398 e. The highest BCUT2D eigenvalue weighted by Gasteiger charge is 2.34. The Balaban J connectivity index is 2.68. The van der Waals surface area contributed by atoms with Crippen molar-refractivity contribution in [1.29, 1.82) is 5.26 Å². The number of nitrogens with one attached hydrogen (secondary N) is 1. The second kappa shape index (κ2) is 6.81. The first-order valence-corrected chi connectivity index (χ1v) is 7.51. The molecule has 1 aromatic carbocycles. The molecular formula is C13H7F3N4O4S. The van der Waals surface area contributed by atoms with Gasteiger partial charge in [0, 0.05) is 11.6 Å². The van der Waals surface area contributed by atoms with Gasteiger partial charge in [-0.2, -0.15) is 5.26 Å². The van der Waals surface area contributed by atoms with Crippen molar-refractivity contribution in [2.24, 2.45) is 0 Å². The molecule has 8 nitrogen and oxygen atoms in total. The van der Waals surface area contributed by atoms with Gasteiger partial charge in [-0.3, -0.25) is 14.9 Å². The number of hydrogen-bond acceptors (Lipinski definition) is 7. The summed E-state index contributed by atoms with van der Waals surface area (Å²) < 4.78 is 40.6. The van der Waals surface area contributed by atoms with E-state index in [2.05, 4.69) is 14.7 Å². The molecule has 130 valence electrons. The van der Waals surface area contributed by atoms with Crippen LogP contribution < -0.4 is 10.3 Å². The van der Waals surface area contributed by atoms with E-state index in [0.29, 0.717) is 0 Å². The summed E-state index contributed by atoms with van der Waals surface area (Å²) in [6.45, 7) is 0. The largest absolute Gasteiger partial charge is 0.573 e. The molecule has 0 unspecified atom stereocenters. The summed E-state index contributed by atoms with van der Waals surface area (Å²) >= 11 is 1.05. The van der Waals surface area contributed by atoms with Gasteiger partial charge in [-0.1, -0.05) is 11.8 Å². The van der Waals surface area contributed by atoms with Crippen LogP contribution in [0.15, 0.2) is 28.2 Å². The number of nitro groups is 1. The predicted octanol–water partition coefficient (Wildman–Crippen LogP) is 2.84. The summed E-state index contributed by atoms with van der Waals surface area (Å²) in [6, 6.07) is 4.14.